The monoisotopic (exact) mass is 332 g/mol. The molecule has 5 nitrogen and oxygen atoms in total. The number of carbonyl (C=O) groups excluding carboxylic acids is 1. The summed E-state index contributed by atoms with van der Waals surface area (Å²) < 4.78 is 1.89. The van der Waals surface area contributed by atoms with E-state index < -0.39 is 0 Å². The van der Waals surface area contributed by atoms with Crippen molar-refractivity contribution in [2.45, 2.75) is 26.4 Å². The van der Waals surface area contributed by atoms with Crippen molar-refractivity contribution in [2.75, 3.05) is 6.54 Å². The molecule has 0 spiro atoms. The lowest BCUT2D eigenvalue weighted by Gasteiger charge is -2.22. The fourth-order valence-corrected chi connectivity index (χ4v) is 3.40. The molecule has 4 rings (SSSR count). The Kier molecular flexibility index (Phi) is 4.06. The van der Waals surface area contributed by atoms with Crippen LogP contribution in [0.1, 0.15) is 28.0 Å². The van der Waals surface area contributed by atoms with Crippen LogP contribution in [-0.2, 0) is 13.1 Å². The molecule has 0 bridgehead atoms. The summed E-state index contributed by atoms with van der Waals surface area (Å²) in [4.78, 5) is 15.2. The standard InChI is InChI=1S/C20H20N4O/c1-15-7-2-3-8-17(15)18-9-4-5-10-19(18)20(25)23-11-6-12-24-16(14-23)13-21-22-24/h2-5,7-10,13H,6,11-12,14H2,1H3. The van der Waals surface area contributed by atoms with Crippen LogP contribution in [0.5, 0.6) is 0 Å². The third-order valence-corrected chi connectivity index (χ3v) is 4.73. The molecule has 2 aromatic carbocycles. The maximum Gasteiger partial charge on any atom is 0.254 e. The predicted molar refractivity (Wildman–Crippen MR) is 96.0 cm³/mol. The first kappa shape index (κ1) is 15.6. The Hall–Kier alpha value is -2.95. The van der Waals surface area contributed by atoms with Gasteiger partial charge >= 0.3 is 0 Å². The van der Waals surface area contributed by atoms with Crippen molar-refractivity contribution in [2.24, 2.45) is 0 Å². The first-order valence-electron chi connectivity index (χ1n) is 8.56. The fourth-order valence-electron chi connectivity index (χ4n) is 3.40. The van der Waals surface area contributed by atoms with Gasteiger partial charge in [0.1, 0.15) is 0 Å². The SMILES string of the molecule is Cc1ccccc1-c1ccccc1C(=O)N1CCCn2nncc2C1. The van der Waals surface area contributed by atoms with Gasteiger partial charge in [0.15, 0.2) is 0 Å². The van der Waals surface area contributed by atoms with Gasteiger partial charge in [-0.15, -0.1) is 5.10 Å². The molecule has 0 atom stereocenters. The molecule has 126 valence electrons. The molecule has 1 aromatic heterocycles. The number of benzene rings is 2. The van der Waals surface area contributed by atoms with Gasteiger partial charge in [0.25, 0.3) is 5.91 Å². The zero-order valence-electron chi connectivity index (χ0n) is 14.2. The lowest BCUT2D eigenvalue weighted by molar-refractivity contribution is 0.0746. The van der Waals surface area contributed by atoms with E-state index in [0.717, 1.165) is 41.9 Å². The van der Waals surface area contributed by atoms with Crippen molar-refractivity contribution >= 4 is 5.91 Å². The Labute approximate surface area is 146 Å². The Morgan fingerprint density at radius 3 is 2.60 bits per heavy atom. The maximum atomic E-state index is 13.3. The van der Waals surface area contributed by atoms with Gasteiger partial charge in [0, 0.05) is 18.7 Å². The van der Waals surface area contributed by atoms with Crippen LogP contribution in [0.25, 0.3) is 11.1 Å². The summed E-state index contributed by atoms with van der Waals surface area (Å²) in [5.41, 5.74) is 4.99. The van der Waals surface area contributed by atoms with Gasteiger partial charge < -0.3 is 4.90 Å². The van der Waals surface area contributed by atoms with E-state index >= 15 is 0 Å². The van der Waals surface area contributed by atoms with Gasteiger partial charge in [-0.05, 0) is 36.1 Å². The number of rotatable bonds is 2. The number of hydrogen-bond donors (Lipinski definition) is 0. The van der Waals surface area contributed by atoms with Crippen LogP contribution in [0, 0.1) is 6.92 Å². The normalized spacial score (nSPS) is 14.0. The zero-order valence-corrected chi connectivity index (χ0v) is 14.2. The number of nitrogens with zero attached hydrogens (tertiary/aromatic N) is 4. The van der Waals surface area contributed by atoms with Crippen molar-refractivity contribution < 1.29 is 4.79 Å². The second-order valence-corrected chi connectivity index (χ2v) is 6.39. The van der Waals surface area contributed by atoms with Crippen molar-refractivity contribution in [1.82, 2.24) is 19.9 Å². The van der Waals surface area contributed by atoms with Gasteiger partial charge in [0.05, 0.1) is 18.4 Å². The van der Waals surface area contributed by atoms with Crippen LogP contribution in [0.15, 0.2) is 54.7 Å². The van der Waals surface area contributed by atoms with E-state index in [-0.39, 0.29) is 5.91 Å². The predicted octanol–water partition coefficient (Wildman–Crippen LogP) is 3.30. The number of amides is 1. The Bertz CT molecular complexity index is 915. The fraction of sp³-hybridized carbons (Fsp3) is 0.250. The van der Waals surface area contributed by atoms with E-state index in [1.54, 1.807) is 6.20 Å². The van der Waals surface area contributed by atoms with E-state index in [1.165, 1.54) is 5.56 Å². The number of aromatic nitrogens is 3. The highest BCUT2D eigenvalue weighted by molar-refractivity contribution is 6.01. The summed E-state index contributed by atoms with van der Waals surface area (Å²) in [6.45, 7) is 4.16. The van der Waals surface area contributed by atoms with Crippen LogP contribution in [-0.4, -0.2) is 32.3 Å². The molecule has 0 aliphatic carbocycles. The van der Waals surface area contributed by atoms with Crippen molar-refractivity contribution in [1.29, 1.82) is 0 Å². The molecule has 5 heteroatoms. The molecule has 25 heavy (non-hydrogen) atoms. The number of aryl methyl sites for hydroxylation is 2. The molecule has 1 aliphatic heterocycles. The molecule has 1 aliphatic rings. The highest BCUT2D eigenvalue weighted by Gasteiger charge is 2.23. The van der Waals surface area contributed by atoms with Gasteiger partial charge in [-0.3, -0.25) is 4.79 Å². The molecule has 0 saturated carbocycles. The van der Waals surface area contributed by atoms with Gasteiger partial charge in [-0.2, -0.15) is 0 Å². The molecule has 0 N–H and O–H groups in total. The second-order valence-electron chi connectivity index (χ2n) is 6.39. The summed E-state index contributed by atoms with van der Waals surface area (Å²) in [5, 5.41) is 8.05. The van der Waals surface area contributed by atoms with E-state index in [2.05, 4.69) is 29.4 Å². The minimum Gasteiger partial charge on any atom is -0.333 e. The molecule has 2 heterocycles. The first-order valence-corrected chi connectivity index (χ1v) is 8.56. The average molecular weight is 332 g/mol. The van der Waals surface area contributed by atoms with Crippen molar-refractivity contribution in [3.05, 3.63) is 71.5 Å². The summed E-state index contributed by atoms with van der Waals surface area (Å²) in [6.07, 6.45) is 2.63. The molecular formula is C20H20N4O. The van der Waals surface area contributed by atoms with E-state index in [9.17, 15) is 4.79 Å². The van der Waals surface area contributed by atoms with E-state index in [4.69, 9.17) is 0 Å². The molecule has 1 amide bonds. The highest BCUT2D eigenvalue weighted by atomic mass is 16.2. The Balaban J connectivity index is 1.71. The summed E-state index contributed by atoms with van der Waals surface area (Å²) in [6, 6.07) is 16.0. The molecule has 0 radical (unpaired) electrons. The first-order chi connectivity index (χ1) is 12.2. The molecule has 3 aromatic rings. The molecular weight excluding hydrogens is 312 g/mol. The highest BCUT2D eigenvalue weighted by Crippen LogP contribution is 2.28. The Morgan fingerprint density at radius 1 is 1.00 bits per heavy atom. The number of carbonyl (C=O) groups is 1. The lowest BCUT2D eigenvalue weighted by Crippen LogP contribution is -2.31. The van der Waals surface area contributed by atoms with Crippen LogP contribution < -0.4 is 0 Å². The van der Waals surface area contributed by atoms with Crippen LogP contribution in [0.2, 0.25) is 0 Å². The van der Waals surface area contributed by atoms with Crippen molar-refractivity contribution in [3.63, 3.8) is 0 Å². The Morgan fingerprint density at radius 2 is 1.76 bits per heavy atom. The third kappa shape index (κ3) is 2.93. The van der Waals surface area contributed by atoms with E-state index in [0.29, 0.717) is 6.54 Å². The molecule has 0 saturated heterocycles. The molecule has 0 unspecified atom stereocenters. The van der Waals surface area contributed by atoms with Gasteiger partial charge in [-0.25, -0.2) is 4.68 Å². The summed E-state index contributed by atoms with van der Waals surface area (Å²) in [7, 11) is 0. The van der Waals surface area contributed by atoms with Gasteiger partial charge in [0.2, 0.25) is 0 Å². The number of hydrogen-bond acceptors (Lipinski definition) is 3. The van der Waals surface area contributed by atoms with Crippen LogP contribution >= 0.6 is 0 Å². The topological polar surface area (TPSA) is 51.0 Å². The lowest BCUT2D eigenvalue weighted by atomic mass is 9.95. The average Bonchev–Trinajstić information content (AvgIpc) is 2.98. The quantitative estimate of drug-likeness (QED) is 0.723. The largest absolute Gasteiger partial charge is 0.333 e. The van der Waals surface area contributed by atoms with Crippen LogP contribution in [0.4, 0.5) is 0 Å². The zero-order chi connectivity index (χ0) is 17.2. The van der Waals surface area contributed by atoms with Gasteiger partial charge in [-0.1, -0.05) is 47.7 Å². The second kappa shape index (κ2) is 6.51. The number of fused-ring (bicyclic) bond motifs is 1. The third-order valence-electron chi connectivity index (χ3n) is 4.73. The van der Waals surface area contributed by atoms with Crippen molar-refractivity contribution in [3.8, 4) is 11.1 Å². The summed E-state index contributed by atoms with van der Waals surface area (Å²) in [5.74, 6) is 0.0634. The minimum absolute atomic E-state index is 0.0634. The van der Waals surface area contributed by atoms with E-state index in [1.807, 2.05) is 46.0 Å². The minimum atomic E-state index is 0.0634. The maximum absolute atomic E-state index is 13.3. The summed E-state index contributed by atoms with van der Waals surface area (Å²) >= 11 is 0. The smallest absolute Gasteiger partial charge is 0.254 e. The molecule has 0 fully saturated rings. The van der Waals surface area contributed by atoms with Crippen LogP contribution in [0.3, 0.4) is 0 Å².